The molecule has 0 aliphatic carbocycles. The summed E-state index contributed by atoms with van der Waals surface area (Å²) in [5.41, 5.74) is 1.38. The molecular weight excluding hydrogens is 364 g/mol. The number of carboxylic acid groups (broad SMARTS) is 1. The minimum Gasteiger partial charge on any atom is -0.479 e. The van der Waals surface area contributed by atoms with Crippen LogP contribution in [0.4, 0.5) is 5.69 Å². The van der Waals surface area contributed by atoms with Gasteiger partial charge in [0.25, 0.3) is 5.91 Å². The standard InChI is InChI=1S/C20H18N2O4S/c1-2-15(19(24)25)26-16-11-7-6-8-13(16)12-17-18(23)22-20(27-17)21-14-9-4-3-5-10-14/h3-12,15H,2H2,1H3,(H,24,25)(H,21,22,23)/b17-12+. The molecule has 1 atom stereocenters. The fourth-order valence-electron chi connectivity index (χ4n) is 2.41. The van der Waals surface area contributed by atoms with Crippen LogP contribution in [0, 0.1) is 0 Å². The molecule has 0 radical (unpaired) electrons. The maximum atomic E-state index is 12.3. The summed E-state index contributed by atoms with van der Waals surface area (Å²) < 4.78 is 5.61. The van der Waals surface area contributed by atoms with E-state index in [4.69, 9.17) is 4.74 Å². The van der Waals surface area contributed by atoms with Gasteiger partial charge in [-0.3, -0.25) is 4.79 Å². The lowest BCUT2D eigenvalue weighted by atomic mass is 10.1. The van der Waals surface area contributed by atoms with E-state index in [1.807, 2.05) is 30.3 Å². The first-order valence-electron chi connectivity index (χ1n) is 8.40. The van der Waals surface area contributed by atoms with E-state index < -0.39 is 12.1 Å². The highest BCUT2D eigenvalue weighted by molar-refractivity contribution is 8.18. The van der Waals surface area contributed by atoms with Crippen LogP contribution < -0.4 is 10.1 Å². The van der Waals surface area contributed by atoms with Gasteiger partial charge in [-0.25, -0.2) is 9.79 Å². The molecule has 6 nitrogen and oxygen atoms in total. The summed E-state index contributed by atoms with van der Waals surface area (Å²) in [6.45, 7) is 1.74. The van der Waals surface area contributed by atoms with Crippen LogP contribution in [0.15, 0.2) is 64.5 Å². The largest absolute Gasteiger partial charge is 0.479 e. The summed E-state index contributed by atoms with van der Waals surface area (Å²) in [5, 5.41) is 12.4. The molecule has 27 heavy (non-hydrogen) atoms. The fraction of sp³-hybridized carbons (Fsp3) is 0.150. The molecule has 7 heteroatoms. The molecule has 1 aliphatic heterocycles. The van der Waals surface area contributed by atoms with Crippen molar-refractivity contribution in [2.24, 2.45) is 4.99 Å². The number of carboxylic acids is 1. The second-order valence-electron chi connectivity index (χ2n) is 5.71. The molecule has 2 N–H and O–H groups in total. The van der Waals surface area contributed by atoms with Gasteiger partial charge in [0.1, 0.15) is 5.75 Å². The van der Waals surface area contributed by atoms with E-state index in [0.717, 1.165) is 5.69 Å². The van der Waals surface area contributed by atoms with Crippen molar-refractivity contribution < 1.29 is 19.4 Å². The van der Waals surface area contributed by atoms with Crippen LogP contribution in [0.25, 0.3) is 6.08 Å². The summed E-state index contributed by atoms with van der Waals surface area (Å²) >= 11 is 1.23. The first-order valence-corrected chi connectivity index (χ1v) is 9.21. The number of hydrogen-bond acceptors (Lipinski definition) is 5. The predicted molar refractivity (Wildman–Crippen MR) is 106 cm³/mol. The lowest BCUT2D eigenvalue weighted by molar-refractivity contribution is -0.145. The molecule has 138 valence electrons. The molecule has 1 amide bonds. The Morgan fingerprint density at radius 2 is 1.93 bits per heavy atom. The smallest absolute Gasteiger partial charge is 0.344 e. The van der Waals surface area contributed by atoms with E-state index in [0.29, 0.717) is 27.8 Å². The van der Waals surface area contributed by atoms with Gasteiger partial charge in [-0.05, 0) is 42.5 Å². The van der Waals surface area contributed by atoms with E-state index in [-0.39, 0.29) is 5.91 Å². The first-order chi connectivity index (χ1) is 13.1. The maximum absolute atomic E-state index is 12.3. The summed E-state index contributed by atoms with van der Waals surface area (Å²) in [6.07, 6.45) is 1.07. The molecule has 2 aromatic rings. The van der Waals surface area contributed by atoms with Crippen molar-refractivity contribution >= 4 is 40.6 Å². The van der Waals surface area contributed by atoms with Crippen LogP contribution >= 0.6 is 11.8 Å². The summed E-state index contributed by atoms with van der Waals surface area (Å²) in [7, 11) is 0. The molecule has 0 aromatic heterocycles. The van der Waals surface area contributed by atoms with E-state index in [1.165, 1.54) is 11.8 Å². The molecule has 3 rings (SSSR count). The van der Waals surface area contributed by atoms with Crippen LogP contribution in [0.5, 0.6) is 5.75 Å². The monoisotopic (exact) mass is 382 g/mol. The molecule has 0 saturated carbocycles. The van der Waals surface area contributed by atoms with E-state index in [2.05, 4.69) is 10.3 Å². The van der Waals surface area contributed by atoms with Crippen LogP contribution in [0.3, 0.4) is 0 Å². The Kier molecular flexibility index (Phi) is 5.93. The highest BCUT2D eigenvalue weighted by atomic mass is 32.2. The van der Waals surface area contributed by atoms with Crippen molar-refractivity contribution in [3.05, 3.63) is 65.1 Å². The molecule has 1 heterocycles. The van der Waals surface area contributed by atoms with Gasteiger partial charge in [-0.1, -0.05) is 43.3 Å². The summed E-state index contributed by atoms with van der Waals surface area (Å²) in [5.74, 6) is -0.860. The Labute approximate surface area is 161 Å². The number of rotatable bonds is 6. The number of thioether (sulfide) groups is 1. The fourth-order valence-corrected chi connectivity index (χ4v) is 3.24. The number of benzene rings is 2. The number of para-hydroxylation sites is 2. The van der Waals surface area contributed by atoms with Gasteiger partial charge in [0, 0.05) is 5.56 Å². The molecular formula is C20H18N2O4S. The number of amidine groups is 1. The average Bonchev–Trinajstić information content (AvgIpc) is 3.00. The minimum absolute atomic E-state index is 0.255. The topological polar surface area (TPSA) is 88.0 Å². The Morgan fingerprint density at radius 3 is 2.63 bits per heavy atom. The Hall–Kier alpha value is -3.06. The molecule has 2 aromatic carbocycles. The molecule has 0 spiro atoms. The van der Waals surface area contributed by atoms with Crippen molar-refractivity contribution in [3.8, 4) is 5.75 Å². The number of hydrogen-bond donors (Lipinski definition) is 2. The molecule has 0 bridgehead atoms. The zero-order valence-corrected chi connectivity index (χ0v) is 15.4. The third-order valence-corrected chi connectivity index (χ3v) is 4.67. The average molecular weight is 382 g/mol. The van der Waals surface area contributed by atoms with Gasteiger partial charge in [0.05, 0.1) is 10.6 Å². The normalized spacial score (nSPS) is 17.7. The third-order valence-electron chi connectivity index (χ3n) is 3.76. The second-order valence-corrected chi connectivity index (χ2v) is 6.74. The number of aliphatic carboxylic acids is 1. The van der Waals surface area contributed by atoms with Crippen LogP contribution in [-0.2, 0) is 9.59 Å². The number of ether oxygens (including phenoxy) is 1. The highest BCUT2D eigenvalue weighted by Crippen LogP contribution is 2.31. The molecule has 1 aliphatic rings. The van der Waals surface area contributed by atoms with E-state index in [9.17, 15) is 14.7 Å². The molecule has 1 saturated heterocycles. The van der Waals surface area contributed by atoms with Crippen LogP contribution in [-0.4, -0.2) is 28.3 Å². The van der Waals surface area contributed by atoms with Crippen LogP contribution in [0.1, 0.15) is 18.9 Å². The van der Waals surface area contributed by atoms with Crippen molar-refractivity contribution in [1.29, 1.82) is 0 Å². The van der Waals surface area contributed by atoms with Gasteiger partial charge < -0.3 is 15.2 Å². The number of amides is 1. The lowest BCUT2D eigenvalue weighted by Crippen LogP contribution is -2.26. The zero-order chi connectivity index (χ0) is 19.2. The first kappa shape index (κ1) is 18.7. The summed E-state index contributed by atoms with van der Waals surface area (Å²) in [6, 6.07) is 16.4. The van der Waals surface area contributed by atoms with Gasteiger partial charge in [0.2, 0.25) is 0 Å². The third kappa shape index (κ3) is 4.77. The Morgan fingerprint density at radius 1 is 1.22 bits per heavy atom. The van der Waals surface area contributed by atoms with Crippen molar-refractivity contribution in [3.63, 3.8) is 0 Å². The zero-order valence-electron chi connectivity index (χ0n) is 14.6. The van der Waals surface area contributed by atoms with Gasteiger partial charge >= 0.3 is 5.97 Å². The second kappa shape index (κ2) is 8.55. The highest BCUT2D eigenvalue weighted by Gasteiger charge is 2.25. The van der Waals surface area contributed by atoms with Gasteiger partial charge in [0.15, 0.2) is 11.3 Å². The minimum atomic E-state index is -1.02. The SMILES string of the molecule is CCC(Oc1ccccc1/C=C1/SC(=Nc2ccccc2)NC1=O)C(=O)O. The Balaban J connectivity index is 1.84. The predicted octanol–water partition coefficient (Wildman–Crippen LogP) is 3.82. The van der Waals surface area contributed by atoms with E-state index in [1.54, 1.807) is 37.3 Å². The van der Waals surface area contributed by atoms with Crippen LogP contribution in [0.2, 0.25) is 0 Å². The Bertz CT molecular complexity index is 909. The summed E-state index contributed by atoms with van der Waals surface area (Å²) in [4.78, 5) is 28.4. The van der Waals surface area contributed by atoms with Crippen molar-refractivity contribution in [2.45, 2.75) is 19.4 Å². The number of nitrogens with zero attached hydrogens (tertiary/aromatic N) is 1. The maximum Gasteiger partial charge on any atom is 0.344 e. The number of carbonyl (C=O) groups is 2. The van der Waals surface area contributed by atoms with Crippen molar-refractivity contribution in [2.75, 3.05) is 0 Å². The number of aliphatic imine (C=N–C) groups is 1. The van der Waals surface area contributed by atoms with Gasteiger partial charge in [-0.2, -0.15) is 0 Å². The molecule has 1 unspecified atom stereocenters. The quantitative estimate of drug-likeness (QED) is 0.742. The number of nitrogens with one attached hydrogen (secondary N) is 1. The molecule has 1 fully saturated rings. The number of carbonyl (C=O) groups excluding carboxylic acids is 1. The van der Waals surface area contributed by atoms with Crippen molar-refractivity contribution in [1.82, 2.24) is 5.32 Å². The lowest BCUT2D eigenvalue weighted by Gasteiger charge is -2.15. The van der Waals surface area contributed by atoms with Gasteiger partial charge in [-0.15, -0.1) is 0 Å². The van der Waals surface area contributed by atoms with E-state index >= 15 is 0 Å².